The Bertz CT molecular complexity index is 1390. The van der Waals surface area contributed by atoms with Crippen molar-refractivity contribution < 1.29 is 4.74 Å². The fourth-order valence-corrected chi connectivity index (χ4v) is 5.40. The molecule has 2 saturated heterocycles. The lowest BCUT2D eigenvalue weighted by Crippen LogP contribution is -2.45. The summed E-state index contributed by atoms with van der Waals surface area (Å²) in [6.07, 6.45) is 3.87. The first-order chi connectivity index (χ1) is 16.1. The van der Waals surface area contributed by atoms with Gasteiger partial charge in [-0.05, 0) is 62.1 Å². The minimum atomic E-state index is -0.0433. The average Bonchev–Trinajstić information content (AvgIpc) is 3.40. The zero-order chi connectivity index (χ0) is 22.5. The molecule has 6 rings (SSSR count). The van der Waals surface area contributed by atoms with E-state index in [4.69, 9.17) is 9.84 Å². The maximum absolute atomic E-state index is 9.44. The van der Waals surface area contributed by atoms with E-state index in [1.165, 1.54) is 24.9 Å². The van der Waals surface area contributed by atoms with Crippen molar-refractivity contribution >= 4 is 27.9 Å². The summed E-state index contributed by atoms with van der Waals surface area (Å²) in [5.41, 5.74) is 4.68. The van der Waals surface area contributed by atoms with Crippen molar-refractivity contribution in [2.75, 3.05) is 23.4 Å². The molecule has 1 N–H and O–H groups in total. The molecular weight excluding hydrogens is 414 g/mol. The van der Waals surface area contributed by atoms with Gasteiger partial charge in [0.2, 0.25) is 0 Å². The van der Waals surface area contributed by atoms with Crippen LogP contribution in [-0.2, 0) is 4.74 Å². The molecule has 166 valence electrons. The molecule has 4 heterocycles. The maximum atomic E-state index is 9.44. The first kappa shape index (κ1) is 19.9. The van der Waals surface area contributed by atoms with E-state index in [0.717, 1.165) is 46.6 Å². The molecule has 2 aliphatic rings. The Balaban J connectivity index is 1.45. The highest BCUT2D eigenvalue weighted by molar-refractivity contribution is 6.01. The lowest BCUT2D eigenvalue weighted by atomic mass is 9.98. The number of rotatable bonds is 4. The Morgan fingerprint density at radius 3 is 2.76 bits per heavy atom. The predicted molar refractivity (Wildman–Crippen MR) is 126 cm³/mol. The number of aromatic nitrogens is 4. The maximum Gasteiger partial charge on any atom is 0.184 e. The summed E-state index contributed by atoms with van der Waals surface area (Å²) in [4.78, 5) is 6.96. The van der Waals surface area contributed by atoms with E-state index in [0.29, 0.717) is 17.6 Å². The van der Waals surface area contributed by atoms with Crippen molar-refractivity contribution in [1.82, 2.24) is 19.8 Å². The highest BCUT2D eigenvalue weighted by Crippen LogP contribution is 2.37. The molecule has 0 saturated carbocycles. The fraction of sp³-hybridized carbons (Fsp3) is 0.360. The van der Waals surface area contributed by atoms with Gasteiger partial charge in [-0.15, -0.1) is 14.8 Å². The molecule has 8 nitrogen and oxygen atoms in total. The molecule has 4 aromatic rings. The van der Waals surface area contributed by atoms with E-state index >= 15 is 0 Å². The van der Waals surface area contributed by atoms with Gasteiger partial charge >= 0.3 is 0 Å². The van der Waals surface area contributed by atoms with Gasteiger partial charge in [0.1, 0.15) is 6.33 Å². The molecule has 0 amide bonds. The molecule has 8 heteroatoms. The van der Waals surface area contributed by atoms with Gasteiger partial charge in [0.05, 0.1) is 43.0 Å². The molecule has 2 fully saturated rings. The van der Waals surface area contributed by atoms with E-state index in [9.17, 15) is 5.26 Å². The van der Waals surface area contributed by atoms with Gasteiger partial charge in [-0.2, -0.15) is 5.26 Å². The van der Waals surface area contributed by atoms with Crippen LogP contribution in [0.1, 0.15) is 42.5 Å². The summed E-state index contributed by atoms with van der Waals surface area (Å²) in [6, 6.07) is 15.5. The van der Waals surface area contributed by atoms with Crippen molar-refractivity contribution in [2.45, 2.75) is 44.8 Å². The van der Waals surface area contributed by atoms with Crippen molar-refractivity contribution in [3.8, 4) is 6.07 Å². The SMILES string of the molecule is Cc1c(C#N)cccc1C(C)Nc1nn2ncnc2c2ccc(N3C4CCC3COC4)cc12. The number of nitrogens with one attached hydrogen (secondary N) is 1. The summed E-state index contributed by atoms with van der Waals surface area (Å²) in [6.45, 7) is 5.65. The number of fused-ring (bicyclic) bond motifs is 5. The Labute approximate surface area is 191 Å². The molecular formula is C25H25N7O. The van der Waals surface area contributed by atoms with Crippen LogP contribution in [0, 0.1) is 18.3 Å². The average molecular weight is 440 g/mol. The number of nitriles is 1. The summed E-state index contributed by atoms with van der Waals surface area (Å²) in [7, 11) is 0. The third kappa shape index (κ3) is 3.19. The Hall–Kier alpha value is -3.70. The zero-order valence-corrected chi connectivity index (χ0v) is 18.7. The highest BCUT2D eigenvalue weighted by atomic mass is 16.5. The van der Waals surface area contributed by atoms with Crippen LogP contribution >= 0.6 is 0 Å². The van der Waals surface area contributed by atoms with E-state index < -0.39 is 0 Å². The standard InChI is InChI=1S/C25H25N7O/c1-15-17(11-26)4-3-5-21(15)16(2)29-24-23-10-18(31-19-6-7-20(31)13-33-12-19)8-9-22(23)25-27-14-28-32(25)30-24/h3-5,8-10,14,16,19-20H,6-7,12-13H2,1-2H3,(H,29,30). The van der Waals surface area contributed by atoms with Crippen LogP contribution < -0.4 is 10.2 Å². The van der Waals surface area contributed by atoms with Crippen molar-refractivity contribution in [3.63, 3.8) is 0 Å². The summed E-state index contributed by atoms with van der Waals surface area (Å²) in [5.74, 6) is 0.750. The number of anilines is 2. The monoisotopic (exact) mass is 439 g/mol. The molecule has 2 bridgehead atoms. The summed E-state index contributed by atoms with van der Waals surface area (Å²) in [5, 5.41) is 24.1. The molecule has 2 aliphatic heterocycles. The molecule has 3 unspecified atom stereocenters. The lowest BCUT2D eigenvalue weighted by molar-refractivity contribution is 0.0907. The zero-order valence-electron chi connectivity index (χ0n) is 18.7. The summed E-state index contributed by atoms with van der Waals surface area (Å²) < 4.78 is 7.36. The minimum Gasteiger partial charge on any atom is -0.377 e. The molecule has 2 aromatic heterocycles. The largest absolute Gasteiger partial charge is 0.377 e. The summed E-state index contributed by atoms with van der Waals surface area (Å²) >= 11 is 0. The van der Waals surface area contributed by atoms with Crippen LogP contribution in [0.5, 0.6) is 0 Å². The van der Waals surface area contributed by atoms with E-state index in [-0.39, 0.29) is 6.04 Å². The number of hydrogen-bond acceptors (Lipinski definition) is 7. The van der Waals surface area contributed by atoms with Gasteiger partial charge < -0.3 is 15.0 Å². The second kappa shape index (κ2) is 7.71. The van der Waals surface area contributed by atoms with Crippen molar-refractivity contribution in [1.29, 1.82) is 5.26 Å². The van der Waals surface area contributed by atoms with Gasteiger partial charge in [0.15, 0.2) is 11.5 Å². The first-order valence-corrected chi connectivity index (χ1v) is 11.4. The number of ether oxygens (including phenoxy) is 1. The number of benzene rings is 2. The minimum absolute atomic E-state index is 0.0433. The van der Waals surface area contributed by atoms with Crippen molar-refractivity contribution in [3.05, 3.63) is 59.4 Å². The Morgan fingerprint density at radius 2 is 1.97 bits per heavy atom. The third-order valence-corrected chi connectivity index (χ3v) is 7.08. The molecule has 0 aliphatic carbocycles. The smallest absolute Gasteiger partial charge is 0.184 e. The molecule has 0 spiro atoms. The Morgan fingerprint density at radius 1 is 1.15 bits per heavy atom. The van der Waals surface area contributed by atoms with Gasteiger partial charge in [-0.3, -0.25) is 0 Å². The molecule has 0 radical (unpaired) electrons. The van der Waals surface area contributed by atoms with E-state index in [1.807, 2.05) is 19.1 Å². The third-order valence-electron chi connectivity index (χ3n) is 7.08. The van der Waals surface area contributed by atoms with Crippen LogP contribution in [0.25, 0.3) is 16.4 Å². The van der Waals surface area contributed by atoms with Gasteiger partial charge in [-0.25, -0.2) is 4.98 Å². The highest BCUT2D eigenvalue weighted by Gasteiger charge is 2.37. The second-order valence-corrected chi connectivity index (χ2v) is 8.98. The number of hydrogen-bond donors (Lipinski definition) is 1. The van der Waals surface area contributed by atoms with Crippen LogP contribution in [0.4, 0.5) is 11.5 Å². The van der Waals surface area contributed by atoms with Gasteiger partial charge in [0.25, 0.3) is 0 Å². The van der Waals surface area contributed by atoms with Gasteiger partial charge in [-0.1, -0.05) is 12.1 Å². The lowest BCUT2D eigenvalue weighted by Gasteiger charge is -2.36. The van der Waals surface area contributed by atoms with Crippen molar-refractivity contribution in [2.24, 2.45) is 0 Å². The van der Waals surface area contributed by atoms with E-state index in [1.54, 1.807) is 4.63 Å². The molecule has 2 aromatic carbocycles. The normalized spacial score (nSPS) is 20.8. The molecule has 33 heavy (non-hydrogen) atoms. The van der Waals surface area contributed by atoms with Crippen LogP contribution in [0.2, 0.25) is 0 Å². The number of morpholine rings is 1. The van der Waals surface area contributed by atoms with E-state index in [2.05, 4.69) is 57.6 Å². The topological polar surface area (TPSA) is 91.4 Å². The fourth-order valence-electron chi connectivity index (χ4n) is 5.40. The Kier molecular flexibility index (Phi) is 4.66. The van der Waals surface area contributed by atoms with Crippen LogP contribution in [-0.4, -0.2) is 45.1 Å². The number of nitrogens with zero attached hydrogens (tertiary/aromatic N) is 6. The van der Waals surface area contributed by atoms with Gasteiger partial charge in [0, 0.05) is 16.5 Å². The van der Waals surface area contributed by atoms with Crippen LogP contribution in [0.15, 0.2) is 42.7 Å². The second-order valence-electron chi connectivity index (χ2n) is 8.98. The van der Waals surface area contributed by atoms with Crippen LogP contribution in [0.3, 0.4) is 0 Å². The quantitative estimate of drug-likeness (QED) is 0.514. The first-order valence-electron chi connectivity index (χ1n) is 11.4. The predicted octanol–water partition coefficient (Wildman–Crippen LogP) is 4.00. The molecule has 3 atom stereocenters.